The summed E-state index contributed by atoms with van der Waals surface area (Å²) >= 11 is 9.46. The van der Waals surface area contributed by atoms with Crippen molar-refractivity contribution in [3.63, 3.8) is 0 Å². The van der Waals surface area contributed by atoms with E-state index in [1.54, 1.807) is 18.2 Å². The van der Waals surface area contributed by atoms with E-state index in [0.717, 1.165) is 0 Å². The van der Waals surface area contributed by atoms with E-state index in [2.05, 4.69) is 36.0 Å². The summed E-state index contributed by atoms with van der Waals surface area (Å²) in [5, 5.41) is 54.8. The van der Waals surface area contributed by atoms with Crippen LogP contribution in [-0.4, -0.2) is 80.2 Å². The summed E-state index contributed by atoms with van der Waals surface area (Å²) in [6.45, 7) is -4.41. The van der Waals surface area contributed by atoms with Crippen molar-refractivity contribution in [1.82, 2.24) is 9.97 Å². The second-order valence-corrected chi connectivity index (χ2v) is 8.88. The van der Waals surface area contributed by atoms with E-state index in [9.17, 15) is 29.2 Å². The molecule has 14 heteroatoms. The molecule has 196 valence electrons. The van der Waals surface area contributed by atoms with Crippen LogP contribution in [0.2, 0.25) is 5.02 Å². The molecule has 0 aliphatic heterocycles. The molecule has 0 aliphatic rings. The van der Waals surface area contributed by atoms with Gasteiger partial charge in [0.05, 0.1) is 24.3 Å². The molecule has 0 amide bonds. The summed E-state index contributed by atoms with van der Waals surface area (Å²) in [6, 6.07) is 8.05. The molecule has 0 radical (unpaired) electrons. The summed E-state index contributed by atoms with van der Waals surface area (Å²) in [4.78, 5) is 8.39. The molecule has 0 bridgehead atoms. The lowest BCUT2D eigenvalue weighted by molar-refractivity contribution is -0.220. The highest BCUT2D eigenvalue weighted by Crippen LogP contribution is 2.36. The van der Waals surface area contributed by atoms with E-state index >= 15 is 0 Å². The van der Waals surface area contributed by atoms with Crippen LogP contribution in [0.15, 0.2) is 41.1 Å². The molecule has 3 rings (SSSR count). The molecule has 1 heterocycles. The summed E-state index contributed by atoms with van der Waals surface area (Å²) in [5.74, 6) is 0.452. The minimum absolute atomic E-state index is 0.0181. The third kappa shape index (κ3) is 6.36. The van der Waals surface area contributed by atoms with E-state index in [1.807, 2.05) is 0 Å². The Kier molecular flexibility index (Phi) is 9.72. The van der Waals surface area contributed by atoms with Gasteiger partial charge in [-0.1, -0.05) is 11.6 Å². The maximum atomic E-state index is 12.5. The fourth-order valence-electron chi connectivity index (χ4n) is 3.47. The number of hydrogen-bond donors (Lipinski definition) is 6. The van der Waals surface area contributed by atoms with Crippen molar-refractivity contribution in [2.24, 2.45) is 0 Å². The largest absolute Gasteiger partial charge is 0.496 e. The van der Waals surface area contributed by atoms with Gasteiger partial charge >= 0.3 is 6.61 Å². The second kappa shape index (κ2) is 12.3. The van der Waals surface area contributed by atoms with Gasteiger partial charge in [-0.05, 0) is 46.3 Å². The standard InChI is InChI=1S/C22H23BrClF2N3O7/c1-35-15-6-10-14(27-8-28-21(10)29-9-2-3-12(23)13(24)4-9)5-11(15)17(31)19(33)20(34)18(32)16(7-30)36-22(25)26/h2-6,8,16-20,22,30-34H,7H2,1H3,(H,27,28,29)/t16-,17?,18+,19-,20-/m0/s1. The van der Waals surface area contributed by atoms with E-state index in [1.165, 1.54) is 25.6 Å². The average molecular weight is 595 g/mol. The molecule has 10 nitrogen and oxygen atoms in total. The fraction of sp³-hybridized carbons (Fsp3) is 0.364. The number of nitrogens with one attached hydrogen (secondary N) is 1. The normalized spacial score (nSPS) is 16.0. The summed E-state index contributed by atoms with van der Waals surface area (Å²) in [5.41, 5.74) is 0.931. The Balaban J connectivity index is 1.92. The van der Waals surface area contributed by atoms with Crippen molar-refractivity contribution in [2.45, 2.75) is 37.1 Å². The minimum atomic E-state index is -3.34. The van der Waals surface area contributed by atoms with Crippen molar-refractivity contribution >= 4 is 49.9 Å². The van der Waals surface area contributed by atoms with E-state index in [0.29, 0.717) is 31.9 Å². The highest BCUT2D eigenvalue weighted by Gasteiger charge is 2.38. The summed E-state index contributed by atoms with van der Waals surface area (Å²) in [6.07, 6.45) is -8.88. The number of aliphatic hydroxyl groups excluding tert-OH is 5. The maximum Gasteiger partial charge on any atom is 0.345 e. The molecule has 3 aromatic rings. The molecule has 2 aromatic carbocycles. The highest BCUT2D eigenvalue weighted by atomic mass is 79.9. The zero-order valence-corrected chi connectivity index (χ0v) is 20.9. The Morgan fingerprint density at radius 2 is 1.78 bits per heavy atom. The zero-order valence-electron chi connectivity index (χ0n) is 18.6. The number of benzene rings is 2. The van der Waals surface area contributed by atoms with E-state index in [-0.39, 0.29) is 11.3 Å². The van der Waals surface area contributed by atoms with Gasteiger partial charge in [-0.25, -0.2) is 9.97 Å². The van der Waals surface area contributed by atoms with Crippen molar-refractivity contribution in [3.8, 4) is 5.75 Å². The van der Waals surface area contributed by atoms with Gasteiger partial charge in [0.1, 0.15) is 48.4 Å². The first-order chi connectivity index (χ1) is 17.1. The summed E-state index contributed by atoms with van der Waals surface area (Å²) in [7, 11) is 1.30. The number of aromatic nitrogens is 2. The SMILES string of the molecule is COc1cc2c(Nc3ccc(Br)c(Cl)c3)ncnc2cc1C(O)[C@H](O)[C@@H](O)[C@H](O)[C@H](CO)OC(F)F. The molecule has 0 saturated heterocycles. The second-order valence-electron chi connectivity index (χ2n) is 7.62. The van der Waals surface area contributed by atoms with Crippen LogP contribution in [0.1, 0.15) is 11.7 Å². The molecular weight excluding hydrogens is 572 g/mol. The third-order valence-corrected chi connectivity index (χ3v) is 6.58. The molecule has 0 fully saturated rings. The smallest absolute Gasteiger partial charge is 0.345 e. The number of nitrogens with zero attached hydrogens (tertiary/aromatic N) is 2. The number of aliphatic hydroxyl groups is 5. The van der Waals surface area contributed by atoms with Gasteiger partial charge in [0.15, 0.2) is 0 Å². The van der Waals surface area contributed by atoms with Gasteiger partial charge in [0.2, 0.25) is 0 Å². The zero-order chi connectivity index (χ0) is 26.6. The first-order valence-corrected chi connectivity index (χ1v) is 11.6. The maximum absolute atomic E-state index is 12.5. The molecule has 36 heavy (non-hydrogen) atoms. The van der Waals surface area contributed by atoms with Gasteiger partial charge in [0, 0.05) is 21.1 Å². The Labute approximate surface area is 217 Å². The quantitative estimate of drug-likeness (QED) is 0.195. The average Bonchev–Trinajstić information content (AvgIpc) is 2.86. The number of fused-ring (bicyclic) bond motifs is 1. The number of hydrogen-bond acceptors (Lipinski definition) is 10. The Morgan fingerprint density at radius 3 is 2.39 bits per heavy atom. The van der Waals surface area contributed by atoms with Crippen LogP contribution in [0.3, 0.4) is 0 Å². The van der Waals surface area contributed by atoms with Crippen LogP contribution in [0.4, 0.5) is 20.3 Å². The Bertz CT molecular complexity index is 1200. The molecule has 0 saturated carbocycles. The van der Waals surface area contributed by atoms with Crippen LogP contribution >= 0.6 is 27.5 Å². The number of anilines is 2. The first-order valence-electron chi connectivity index (χ1n) is 10.4. The molecule has 1 aromatic heterocycles. The highest BCUT2D eigenvalue weighted by molar-refractivity contribution is 9.10. The predicted octanol–water partition coefficient (Wildman–Crippen LogP) is 2.51. The number of alkyl halides is 2. The van der Waals surface area contributed by atoms with Crippen molar-refractivity contribution in [1.29, 1.82) is 0 Å². The van der Waals surface area contributed by atoms with Gasteiger partial charge < -0.3 is 40.3 Å². The van der Waals surface area contributed by atoms with Gasteiger partial charge in [-0.2, -0.15) is 8.78 Å². The topological polar surface area (TPSA) is 157 Å². The van der Waals surface area contributed by atoms with Crippen LogP contribution in [0.5, 0.6) is 5.75 Å². The third-order valence-electron chi connectivity index (χ3n) is 5.35. The summed E-state index contributed by atoms with van der Waals surface area (Å²) < 4.78 is 35.1. The molecular formula is C22H23BrClF2N3O7. The minimum Gasteiger partial charge on any atom is -0.496 e. The Hall–Kier alpha value is -2.23. The Morgan fingerprint density at radius 1 is 1.06 bits per heavy atom. The number of halogens is 4. The van der Waals surface area contributed by atoms with E-state index in [4.69, 9.17) is 21.4 Å². The predicted molar refractivity (Wildman–Crippen MR) is 129 cm³/mol. The van der Waals surface area contributed by atoms with Gasteiger partial charge in [-0.15, -0.1) is 0 Å². The van der Waals surface area contributed by atoms with E-state index < -0.39 is 43.7 Å². The van der Waals surface area contributed by atoms with Crippen LogP contribution in [0, 0.1) is 0 Å². The fourth-order valence-corrected chi connectivity index (χ4v) is 3.90. The molecule has 6 N–H and O–H groups in total. The lowest BCUT2D eigenvalue weighted by Crippen LogP contribution is -2.49. The monoisotopic (exact) mass is 593 g/mol. The van der Waals surface area contributed by atoms with Crippen molar-refractivity contribution in [2.75, 3.05) is 19.0 Å². The van der Waals surface area contributed by atoms with Gasteiger partial charge in [0.25, 0.3) is 0 Å². The molecule has 5 atom stereocenters. The number of methoxy groups -OCH3 is 1. The van der Waals surface area contributed by atoms with Gasteiger partial charge in [-0.3, -0.25) is 0 Å². The number of ether oxygens (including phenoxy) is 2. The lowest BCUT2D eigenvalue weighted by atomic mass is 9.94. The first kappa shape index (κ1) is 28.3. The van der Waals surface area contributed by atoms with Crippen molar-refractivity contribution in [3.05, 3.63) is 51.7 Å². The molecule has 0 aliphatic carbocycles. The van der Waals surface area contributed by atoms with Crippen molar-refractivity contribution < 1.29 is 43.8 Å². The number of rotatable bonds is 11. The molecule has 1 unspecified atom stereocenters. The lowest BCUT2D eigenvalue weighted by Gasteiger charge is -2.31. The molecule has 0 spiro atoms. The van der Waals surface area contributed by atoms with Crippen LogP contribution in [-0.2, 0) is 4.74 Å². The van der Waals surface area contributed by atoms with Crippen LogP contribution < -0.4 is 10.1 Å². The van der Waals surface area contributed by atoms with Crippen LogP contribution in [0.25, 0.3) is 10.9 Å².